The normalized spacial score (nSPS) is 11.1. The Morgan fingerprint density at radius 1 is 1.40 bits per heavy atom. The van der Waals surface area contributed by atoms with E-state index in [2.05, 4.69) is 19.8 Å². The van der Waals surface area contributed by atoms with E-state index in [1.54, 1.807) is 6.07 Å². The Morgan fingerprint density at radius 2 is 2.15 bits per heavy atom. The van der Waals surface area contributed by atoms with E-state index in [0.717, 1.165) is 13.0 Å². The third kappa shape index (κ3) is 5.41. The summed E-state index contributed by atoms with van der Waals surface area (Å²) >= 11 is 0. The Balaban J connectivity index is 2.56. The zero-order valence-corrected chi connectivity index (χ0v) is 11.9. The molecule has 0 aliphatic heterocycles. The zero-order valence-electron chi connectivity index (χ0n) is 11.1. The van der Waals surface area contributed by atoms with Gasteiger partial charge in [0.1, 0.15) is 17.3 Å². The van der Waals surface area contributed by atoms with E-state index in [1.807, 2.05) is 6.92 Å². The van der Waals surface area contributed by atoms with Crippen LogP contribution in [0.1, 0.15) is 13.3 Å². The molecule has 8 nitrogen and oxygen atoms in total. The van der Waals surface area contributed by atoms with Crippen LogP contribution in [-0.2, 0) is 14.8 Å². The molecular formula is C11H18N4O4S. The Hall–Kier alpha value is -1.87. The summed E-state index contributed by atoms with van der Waals surface area (Å²) in [6.07, 6.45) is 1.26. The molecular weight excluding hydrogens is 284 g/mol. The van der Waals surface area contributed by atoms with Gasteiger partial charge < -0.3 is 15.8 Å². The van der Waals surface area contributed by atoms with Crippen LogP contribution in [0.5, 0.6) is 0 Å². The molecule has 9 heteroatoms. The van der Waals surface area contributed by atoms with Crippen LogP contribution in [0.3, 0.4) is 0 Å². The van der Waals surface area contributed by atoms with Crippen molar-refractivity contribution in [3.63, 3.8) is 0 Å². The minimum Gasteiger partial charge on any atom is -0.448 e. The molecule has 0 saturated carbocycles. The summed E-state index contributed by atoms with van der Waals surface area (Å²) in [5, 5.41) is 3.04. The first-order valence-corrected chi connectivity index (χ1v) is 7.56. The maximum absolute atomic E-state index is 11.9. The number of pyridine rings is 1. The van der Waals surface area contributed by atoms with Crippen molar-refractivity contribution in [1.29, 1.82) is 0 Å². The highest BCUT2D eigenvalue weighted by Gasteiger charge is 2.13. The number of nitrogens with zero attached hydrogens (tertiary/aromatic N) is 1. The van der Waals surface area contributed by atoms with Crippen LogP contribution in [-0.4, -0.2) is 39.2 Å². The van der Waals surface area contributed by atoms with Crippen LogP contribution in [0.15, 0.2) is 23.2 Å². The van der Waals surface area contributed by atoms with Crippen LogP contribution in [0.4, 0.5) is 10.6 Å². The Labute approximate surface area is 117 Å². The lowest BCUT2D eigenvalue weighted by molar-refractivity contribution is 0.159. The summed E-state index contributed by atoms with van der Waals surface area (Å²) in [7, 11) is -3.67. The topological polar surface area (TPSA) is 123 Å². The first kappa shape index (κ1) is 16.2. The van der Waals surface area contributed by atoms with E-state index in [1.165, 1.54) is 12.3 Å². The van der Waals surface area contributed by atoms with E-state index in [4.69, 9.17) is 5.73 Å². The van der Waals surface area contributed by atoms with E-state index in [-0.39, 0.29) is 18.0 Å². The van der Waals surface area contributed by atoms with Gasteiger partial charge in [0.05, 0.1) is 0 Å². The number of carbonyl (C=O) groups is 1. The highest BCUT2D eigenvalue weighted by molar-refractivity contribution is 7.89. The van der Waals surface area contributed by atoms with Crippen molar-refractivity contribution in [1.82, 2.24) is 9.71 Å². The summed E-state index contributed by atoms with van der Waals surface area (Å²) in [6, 6.07) is 3.03. The molecule has 0 saturated heterocycles. The van der Waals surface area contributed by atoms with Gasteiger partial charge in [-0.05, 0) is 18.6 Å². The van der Waals surface area contributed by atoms with Gasteiger partial charge in [-0.15, -0.1) is 0 Å². The fraction of sp³-hybridized carbons (Fsp3) is 0.455. The minimum atomic E-state index is -3.67. The molecule has 4 N–H and O–H groups in total. The number of hydrogen-bond donors (Lipinski definition) is 3. The SMILES string of the molecule is CCCNc1ccc(S(=O)(=O)NCCOC(N)=O)cn1. The number of nitrogens with two attached hydrogens (primary N) is 1. The average molecular weight is 302 g/mol. The molecule has 1 amide bonds. The quantitative estimate of drug-likeness (QED) is 0.592. The molecule has 0 aliphatic carbocycles. The number of primary amides is 1. The van der Waals surface area contributed by atoms with Crippen molar-refractivity contribution in [3.8, 4) is 0 Å². The van der Waals surface area contributed by atoms with Crippen molar-refractivity contribution in [3.05, 3.63) is 18.3 Å². The highest BCUT2D eigenvalue weighted by atomic mass is 32.2. The molecule has 0 spiro atoms. The number of aromatic nitrogens is 1. The van der Waals surface area contributed by atoms with Gasteiger partial charge in [0, 0.05) is 19.3 Å². The Morgan fingerprint density at radius 3 is 2.70 bits per heavy atom. The Kier molecular flexibility index (Phi) is 6.19. The van der Waals surface area contributed by atoms with Crippen molar-refractivity contribution in [2.24, 2.45) is 5.73 Å². The van der Waals surface area contributed by atoms with Crippen molar-refractivity contribution < 1.29 is 17.9 Å². The first-order valence-electron chi connectivity index (χ1n) is 6.07. The Bertz CT molecular complexity index is 530. The van der Waals surface area contributed by atoms with E-state index < -0.39 is 16.1 Å². The van der Waals surface area contributed by atoms with Gasteiger partial charge in [0.25, 0.3) is 0 Å². The zero-order chi connectivity index (χ0) is 15.0. The van der Waals surface area contributed by atoms with Gasteiger partial charge in [0.15, 0.2) is 0 Å². The summed E-state index contributed by atoms with van der Waals surface area (Å²) in [5.41, 5.74) is 4.75. The van der Waals surface area contributed by atoms with Gasteiger partial charge >= 0.3 is 6.09 Å². The summed E-state index contributed by atoms with van der Waals surface area (Å²) in [4.78, 5) is 14.4. The summed E-state index contributed by atoms with van der Waals surface area (Å²) in [5.74, 6) is 0.614. The van der Waals surface area contributed by atoms with Crippen LogP contribution < -0.4 is 15.8 Å². The van der Waals surface area contributed by atoms with Gasteiger partial charge in [-0.1, -0.05) is 6.92 Å². The number of sulfonamides is 1. The predicted molar refractivity (Wildman–Crippen MR) is 73.7 cm³/mol. The van der Waals surface area contributed by atoms with E-state index in [9.17, 15) is 13.2 Å². The molecule has 1 heterocycles. The second-order valence-electron chi connectivity index (χ2n) is 3.87. The van der Waals surface area contributed by atoms with E-state index in [0.29, 0.717) is 5.82 Å². The monoisotopic (exact) mass is 302 g/mol. The third-order valence-electron chi connectivity index (χ3n) is 2.24. The molecule has 0 radical (unpaired) electrons. The smallest absolute Gasteiger partial charge is 0.404 e. The van der Waals surface area contributed by atoms with Crippen molar-refractivity contribution in [2.45, 2.75) is 18.2 Å². The minimum absolute atomic E-state index is 0.0404. The fourth-order valence-corrected chi connectivity index (χ4v) is 2.27. The van der Waals surface area contributed by atoms with Gasteiger partial charge in [-0.3, -0.25) is 0 Å². The number of amides is 1. The molecule has 1 aromatic rings. The van der Waals surface area contributed by atoms with E-state index >= 15 is 0 Å². The first-order chi connectivity index (χ1) is 9.45. The number of rotatable bonds is 8. The van der Waals surface area contributed by atoms with Crippen LogP contribution in [0, 0.1) is 0 Å². The lowest BCUT2D eigenvalue weighted by Gasteiger charge is -2.08. The fourth-order valence-electron chi connectivity index (χ4n) is 1.31. The molecule has 1 aromatic heterocycles. The molecule has 20 heavy (non-hydrogen) atoms. The number of carbonyl (C=O) groups excluding carboxylic acids is 1. The van der Waals surface area contributed by atoms with Gasteiger partial charge in [-0.25, -0.2) is 22.9 Å². The number of ether oxygens (including phenoxy) is 1. The molecule has 0 aromatic carbocycles. The molecule has 0 aliphatic rings. The molecule has 0 unspecified atom stereocenters. The lowest BCUT2D eigenvalue weighted by atomic mass is 10.4. The molecule has 1 rings (SSSR count). The summed E-state index contributed by atoms with van der Waals surface area (Å²) < 4.78 is 30.4. The molecule has 112 valence electrons. The maximum Gasteiger partial charge on any atom is 0.404 e. The number of nitrogens with one attached hydrogen (secondary N) is 2. The predicted octanol–water partition coefficient (Wildman–Crippen LogP) is 0.277. The van der Waals surface area contributed by atoms with Crippen molar-refractivity contribution in [2.75, 3.05) is 25.0 Å². The second kappa shape index (κ2) is 7.65. The average Bonchev–Trinajstić information content (AvgIpc) is 2.42. The highest BCUT2D eigenvalue weighted by Crippen LogP contribution is 2.10. The van der Waals surface area contributed by atoms with Crippen LogP contribution in [0.2, 0.25) is 0 Å². The molecule has 0 fully saturated rings. The second-order valence-corrected chi connectivity index (χ2v) is 5.64. The third-order valence-corrected chi connectivity index (χ3v) is 3.69. The molecule has 0 bridgehead atoms. The largest absolute Gasteiger partial charge is 0.448 e. The molecule has 0 atom stereocenters. The summed E-state index contributed by atoms with van der Waals surface area (Å²) in [6.45, 7) is 2.60. The standard InChI is InChI=1S/C11H18N4O4S/c1-2-5-13-10-4-3-9(8-14-10)20(17,18)15-6-7-19-11(12)16/h3-4,8,15H,2,5-7H2,1H3,(H2,12,16)(H,13,14). The van der Waals surface area contributed by atoms with Gasteiger partial charge in [-0.2, -0.15) is 0 Å². The number of anilines is 1. The van der Waals surface area contributed by atoms with Crippen LogP contribution in [0.25, 0.3) is 0 Å². The van der Waals surface area contributed by atoms with Crippen molar-refractivity contribution >= 4 is 21.9 Å². The lowest BCUT2D eigenvalue weighted by Crippen LogP contribution is -2.29. The number of hydrogen-bond acceptors (Lipinski definition) is 6. The van der Waals surface area contributed by atoms with Gasteiger partial charge in [0.2, 0.25) is 10.0 Å². The van der Waals surface area contributed by atoms with Crippen LogP contribution >= 0.6 is 0 Å². The maximum atomic E-state index is 11.9.